The maximum atomic E-state index is 14.2. The smallest absolute Gasteiger partial charge is 0.142 e. The maximum absolute atomic E-state index is 14.2. The summed E-state index contributed by atoms with van der Waals surface area (Å²) in [5.41, 5.74) is 0.728. The second kappa shape index (κ2) is 8.67. The second-order valence-corrected chi connectivity index (χ2v) is 5.63. The molecule has 0 aliphatic carbocycles. The van der Waals surface area contributed by atoms with Gasteiger partial charge >= 0.3 is 0 Å². The Bertz CT molecular complexity index is 386. The third-order valence-electron chi connectivity index (χ3n) is 3.26. The van der Waals surface area contributed by atoms with Gasteiger partial charge in [0, 0.05) is 18.7 Å². The van der Waals surface area contributed by atoms with Crippen molar-refractivity contribution in [3.63, 3.8) is 0 Å². The van der Waals surface area contributed by atoms with Crippen LogP contribution in [0, 0.1) is 5.82 Å². The molecule has 0 spiro atoms. The van der Waals surface area contributed by atoms with Crippen LogP contribution < -0.4 is 5.32 Å². The van der Waals surface area contributed by atoms with Crippen LogP contribution in [0.25, 0.3) is 0 Å². The molecule has 108 valence electrons. The first-order valence-corrected chi connectivity index (χ1v) is 7.59. The molecule has 4 heteroatoms. The lowest BCUT2D eigenvalue weighted by Gasteiger charge is -2.21. The van der Waals surface area contributed by atoms with E-state index in [1.54, 1.807) is 13.2 Å². The van der Waals surface area contributed by atoms with Gasteiger partial charge in [0.1, 0.15) is 5.82 Å². The van der Waals surface area contributed by atoms with Gasteiger partial charge in [0.05, 0.1) is 10.6 Å². The van der Waals surface area contributed by atoms with Gasteiger partial charge in [-0.15, -0.1) is 0 Å². The number of methoxy groups -OCH3 is 1. The first-order chi connectivity index (χ1) is 9.10. The van der Waals surface area contributed by atoms with E-state index in [1.807, 2.05) is 19.1 Å². The highest BCUT2D eigenvalue weighted by atomic mass is 79.9. The van der Waals surface area contributed by atoms with Crippen LogP contribution in [0.4, 0.5) is 4.39 Å². The van der Waals surface area contributed by atoms with Crippen molar-refractivity contribution in [1.29, 1.82) is 0 Å². The standard InChI is InChI=1S/C15H23BrFNO/c1-4-10-18-14(9-8-11(2)19-3)12-6-5-7-13(16)15(12)17/h5-7,11,14,18H,4,8-10H2,1-3H3. The summed E-state index contributed by atoms with van der Waals surface area (Å²) >= 11 is 3.25. The van der Waals surface area contributed by atoms with E-state index in [9.17, 15) is 4.39 Å². The summed E-state index contributed by atoms with van der Waals surface area (Å²) in [7, 11) is 1.71. The minimum atomic E-state index is -0.166. The van der Waals surface area contributed by atoms with E-state index in [0.29, 0.717) is 4.47 Å². The number of hydrogen-bond acceptors (Lipinski definition) is 2. The molecule has 19 heavy (non-hydrogen) atoms. The van der Waals surface area contributed by atoms with E-state index in [2.05, 4.69) is 28.2 Å². The molecule has 2 atom stereocenters. The van der Waals surface area contributed by atoms with Crippen LogP contribution in [0.5, 0.6) is 0 Å². The molecule has 0 bridgehead atoms. The fourth-order valence-electron chi connectivity index (χ4n) is 1.99. The highest BCUT2D eigenvalue weighted by molar-refractivity contribution is 9.10. The third-order valence-corrected chi connectivity index (χ3v) is 3.87. The lowest BCUT2D eigenvalue weighted by molar-refractivity contribution is 0.106. The van der Waals surface area contributed by atoms with Crippen LogP contribution >= 0.6 is 15.9 Å². The van der Waals surface area contributed by atoms with E-state index in [-0.39, 0.29) is 18.0 Å². The molecule has 0 radical (unpaired) electrons. The van der Waals surface area contributed by atoms with Gasteiger partial charge in [0.15, 0.2) is 0 Å². The van der Waals surface area contributed by atoms with Gasteiger partial charge in [-0.1, -0.05) is 19.1 Å². The SMILES string of the molecule is CCCNC(CCC(C)OC)c1cccc(Br)c1F. The van der Waals surface area contributed by atoms with E-state index in [4.69, 9.17) is 4.74 Å². The van der Waals surface area contributed by atoms with E-state index in [1.165, 1.54) is 0 Å². The van der Waals surface area contributed by atoms with Gasteiger partial charge in [0.2, 0.25) is 0 Å². The monoisotopic (exact) mass is 331 g/mol. The lowest BCUT2D eigenvalue weighted by Crippen LogP contribution is -2.24. The summed E-state index contributed by atoms with van der Waals surface area (Å²) in [6.45, 7) is 5.03. The van der Waals surface area contributed by atoms with Gasteiger partial charge in [-0.2, -0.15) is 0 Å². The summed E-state index contributed by atoms with van der Waals surface area (Å²) in [6.07, 6.45) is 3.00. The van der Waals surface area contributed by atoms with Crippen LogP contribution in [-0.4, -0.2) is 19.8 Å². The summed E-state index contributed by atoms with van der Waals surface area (Å²) in [4.78, 5) is 0. The predicted octanol–water partition coefficient (Wildman–Crippen LogP) is 4.44. The van der Waals surface area contributed by atoms with Crippen molar-refractivity contribution in [1.82, 2.24) is 5.32 Å². The number of nitrogens with one attached hydrogen (secondary N) is 1. The van der Waals surface area contributed by atoms with Crippen LogP contribution in [0.2, 0.25) is 0 Å². The molecular weight excluding hydrogens is 309 g/mol. The van der Waals surface area contributed by atoms with Gasteiger partial charge in [-0.25, -0.2) is 4.39 Å². The molecule has 1 aromatic rings. The average molecular weight is 332 g/mol. The number of hydrogen-bond donors (Lipinski definition) is 1. The molecule has 0 aromatic heterocycles. The molecule has 0 saturated carbocycles. The van der Waals surface area contributed by atoms with Gasteiger partial charge in [-0.05, 0) is 54.7 Å². The molecule has 1 rings (SSSR count). The fourth-order valence-corrected chi connectivity index (χ4v) is 2.38. The van der Waals surface area contributed by atoms with Crippen molar-refractivity contribution in [3.8, 4) is 0 Å². The van der Waals surface area contributed by atoms with Crippen molar-refractivity contribution in [2.24, 2.45) is 0 Å². The summed E-state index contributed by atoms with van der Waals surface area (Å²) < 4.78 is 20.0. The highest BCUT2D eigenvalue weighted by Crippen LogP contribution is 2.27. The number of rotatable bonds is 8. The van der Waals surface area contributed by atoms with E-state index >= 15 is 0 Å². The summed E-state index contributed by atoms with van der Waals surface area (Å²) in [6, 6.07) is 5.50. The molecular formula is C15H23BrFNO. The first-order valence-electron chi connectivity index (χ1n) is 6.80. The quantitative estimate of drug-likeness (QED) is 0.760. The average Bonchev–Trinajstić information content (AvgIpc) is 2.42. The Morgan fingerprint density at radius 2 is 2.11 bits per heavy atom. The Morgan fingerprint density at radius 3 is 2.74 bits per heavy atom. The third kappa shape index (κ3) is 5.21. The van der Waals surface area contributed by atoms with Gasteiger partial charge in [-0.3, -0.25) is 0 Å². The Kier molecular flexibility index (Phi) is 7.57. The fraction of sp³-hybridized carbons (Fsp3) is 0.600. The summed E-state index contributed by atoms with van der Waals surface area (Å²) in [5, 5.41) is 3.42. The molecule has 0 amide bonds. The minimum absolute atomic E-state index is 0.0371. The van der Waals surface area contributed by atoms with E-state index < -0.39 is 0 Å². The normalized spacial score (nSPS) is 14.4. The summed E-state index contributed by atoms with van der Waals surface area (Å²) in [5.74, 6) is -0.166. The van der Waals surface area contributed by atoms with Crippen LogP contribution in [0.1, 0.15) is 44.7 Å². The number of ether oxygens (including phenoxy) is 1. The van der Waals surface area contributed by atoms with Crippen LogP contribution in [0.3, 0.4) is 0 Å². The molecule has 0 saturated heterocycles. The molecule has 1 aromatic carbocycles. The van der Waals surface area contributed by atoms with Crippen molar-refractivity contribution in [3.05, 3.63) is 34.1 Å². The molecule has 2 nitrogen and oxygen atoms in total. The van der Waals surface area contributed by atoms with Crippen molar-refractivity contribution >= 4 is 15.9 Å². The molecule has 0 aliphatic rings. The highest BCUT2D eigenvalue weighted by Gasteiger charge is 2.17. The predicted molar refractivity (Wildman–Crippen MR) is 80.8 cm³/mol. The Hall–Kier alpha value is -0.450. The second-order valence-electron chi connectivity index (χ2n) is 4.77. The number of benzene rings is 1. The Morgan fingerprint density at radius 1 is 1.37 bits per heavy atom. The Balaban J connectivity index is 2.80. The van der Waals surface area contributed by atoms with Gasteiger partial charge < -0.3 is 10.1 Å². The zero-order valence-electron chi connectivity index (χ0n) is 11.9. The molecule has 0 fully saturated rings. The van der Waals surface area contributed by atoms with E-state index in [0.717, 1.165) is 31.4 Å². The minimum Gasteiger partial charge on any atom is -0.382 e. The van der Waals surface area contributed by atoms with Crippen molar-refractivity contribution in [2.45, 2.75) is 45.3 Å². The lowest BCUT2D eigenvalue weighted by atomic mass is 9.99. The molecule has 1 N–H and O–H groups in total. The van der Waals surface area contributed by atoms with Crippen molar-refractivity contribution < 1.29 is 9.13 Å². The molecule has 2 unspecified atom stereocenters. The van der Waals surface area contributed by atoms with Crippen LogP contribution in [0.15, 0.2) is 22.7 Å². The zero-order chi connectivity index (χ0) is 14.3. The maximum Gasteiger partial charge on any atom is 0.142 e. The number of halogens is 2. The molecule has 0 heterocycles. The van der Waals surface area contributed by atoms with Crippen LogP contribution in [-0.2, 0) is 4.74 Å². The largest absolute Gasteiger partial charge is 0.382 e. The van der Waals surface area contributed by atoms with Gasteiger partial charge in [0.25, 0.3) is 0 Å². The van der Waals surface area contributed by atoms with Crippen molar-refractivity contribution in [2.75, 3.05) is 13.7 Å². The topological polar surface area (TPSA) is 21.3 Å². The Labute approximate surface area is 123 Å². The molecule has 0 aliphatic heterocycles. The zero-order valence-corrected chi connectivity index (χ0v) is 13.5. The first kappa shape index (κ1) is 16.6.